The number of hydrogen-bond donors (Lipinski definition) is 2. The first-order valence-electron chi connectivity index (χ1n) is 11.8. The second-order valence-corrected chi connectivity index (χ2v) is 9.10. The highest BCUT2D eigenvalue weighted by atomic mass is 19.1. The van der Waals surface area contributed by atoms with E-state index in [0.717, 1.165) is 41.9 Å². The third-order valence-electron chi connectivity index (χ3n) is 6.46. The van der Waals surface area contributed by atoms with Crippen LogP contribution in [0.25, 0.3) is 22.3 Å². The minimum atomic E-state index is -0.328. The third-order valence-corrected chi connectivity index (χ3v) is 6.46. The lowest BCUT2D eigenvalue weighted by Crippen LogP contribution is -2.49. The summed E-state index contributed by atoms with van der Waals surface area (Å²) >= 11 is 0. The number of nitrogens with one attached hydrogen (secondary N) is 2. The van der Waals surface area contributed by atoms with Gasteiger partial charge in [0.2, 0.25) is 0 Å². The lowest BCUT2D eigenvalue weighted by Gasteiger charge is -2.33. The average Bonchev–Trinajstić information content (AvgIpc) is 3.70. The normalized spacial score (nSPS) is 18.3. The maximum atomic E-state index is 14.1. The zero-order valence-electron chi connectivity index (χ0n) is 19.0. The van der Waals surface area contributed by atoms with Crippen molar-refractivity contribution in [1.82, 2.24) is 25.3 Å². The van der Waals surface area contributed by atoms with Gasteiger partial charge in [-0.25, -0.2) is 19.3 Å². The Morgan fingerprint density at radius 2 is 2.00 bits per heavy atom. The Morgan fingerprint density at radius 3 is 2.82 bits per heavy atom. The van der Waals surface area contributed by atoms with Crippen LogP contribution in [0, 0.1) is 5.82 Å². The van der Waals surface area contributed by atoms with Crippen LogP contribution in [0.1, 0.15) is 31.2 Å². The van der Waals surface area contributed by atoms with E-state index in [4.69, 9.17) is 9.97 Å². The molecular formula is C26H26FN7. The van der Waals surface area contributed by atoms with Gasteiger partial charge in [0, 0.05) is 49.0 Å². The fraction of sp³-hybridized carbons (Fsp3) is 0.308. The lowest BCUT2D eigenvalue weighted by molar-refractivity contribution is 0.483. The summed E-state index contributed by atoms with van der Waals surface area (Å²) in [7, 11) is 0. The van der Waals surface area contributed by atoms with E-state index < -0.39 is 0 Å². The van der Waals surface area contributed by atoms with Gasteiger partial charge in [-0.3, -0.25) is 4.98 Å². The Balaban J connectivity index is 1.45. The number of para-hydroxylation sites is 1. The molecule has 7 nitrogen and oxygen atoms in total. The van der Waals surface area contributed by atoms with Gasteiger partial charge in [-0.15, -0.1) is 0 Å². The van der Waals surface area contributed by atoms with Gasteiger partial charge in [-0.1, -0.05) is 12.1 Å². The van der Waals surface area contributed by atoms with E-state index in [1.807, 2.05) is 24.5 Å². The monoisotopic (exact) mass is 455 g/mol. The molecule has 6 rings (SSSR count). The highest BCUT2D eigenvalue weighted by Crippen LogP contribution is 2.45. The standard InChI is InChI=1S/C26H26FN7/c1-16-15-34(11-10-29-16)26-24-19(17-6-7-17)13-28-14-22(24)32-25(33-26)18-8-9-30-23(12-18)31-21-5-3-2-4-20(21)27/h2-5,8-9,12-14,16-17,29H,6-7,10-11,15H2,1H3,(H,30,31). The number of halogens is 1. The van der Waals surface area contributed by atoms with E-state index >= 15 is 0 Å². The van der Waals surface area contributed by atoms with Crippen molar-refractivity contribution in [2.45, 2.75) is 31.7 Å². The topological polar surface area (TPSA) is 78.9 Å². The van der Waals surface area contributed by atoms with Gasteiger partial charge in [0.05, 0.1) is 17.4 Å². The van der Waals surface area contributed by atoms with Crippen LogP contribution < -0.4 is 15.5 Å². The zero-order valence-corrected chi connectivity index (χ0v) is 19.0. The highest BCUT2D eigenvalue weighted by molar-refractivity contribution is 5.94. The third kappa shape index (κ3) is 4.05. The summed E-state index contributed by atoms with van der Waals surface area (Å²) < 4.78 is 14.1. The Morgan fingerprint density at radius 1 is 1.12 bits per heavy atom. The van der Waals surface area contributed by atoms with Gasteiger partial charge in [0.1, 0.15) is 17.5 Å². The fourth-order valence-corrected chi connectivity index (χ4v) is 4.61. The zero-order chi connectivity index (χ0) is 23.1. The van der Waals surface area contributed by atoms with Crippen molar-refractivity contribution in [2.24, 2.45) is 0 Å². The molecule has 4 aromatic rings. The van der Waals surface area contributed by atoms with Crippen molar-refractivity contribution in [3.8, 4) is 11.4 Å². The average molecular weight is 456 g/mol. The largest absolute Gasteiger partial charge is 0.353 e. The molecule has 1 aliphatic heterocycles. The molecule has 0 radical (unpaired) electrons. The molecule has 1 saturated heterocycles. The van der Waals surface area contributed by atoms with Crippen LogP contribution in [0.15, 0.2) is 55.0 Å². The van der Waals surface area contributed by atoms with Gasteiger partial charge in [-0.05, 0) is 55.5 Å². The minimum Gasteiger partial charge on any atom is -0.353 e. The van der Waals surface area contributed by atoms with Crippen molar-refractivity contribution in [3.63, 3.8) is 0 Å². The molecule has 1 saturated carbocycles. The molecule has 0 spiro atoms. The molecule has 0 amide bonds. The molecule has 3 aromatic heterocycles. The first-order chi connectivity index (χ1) is 16.7. The summed E-state index contributed by atoms with van der Waals surface area (Å²) in [5.41, 5.74) is 3.30. The van der Waals surface area contributed by atoms with Gasteiger partial charge >= 0.3 is 0 Å². The number of anilines is 3. The van der Waals surface area contributed by atoms with Crippen LogP contribution in [0.3, 0.4) is 0 Å². The Kier molecular flexibility index (Phi) is 5.30. The molecular weight excluding hydrogens is 429 g/mol. The first kappa shape index (κ1) is 20.9. The molecule has 8 heteroatoms. The van der Waals surface area contributed by atoms with Crippen molar-refractivity contribution < 1.29 is 4.39 Å². The molecule has 1 aliphatic carbocycles. The highest BCUT2D eigenvalue weighted by Gasteiger charge is 2.30. The summed E-state index contributed by atoms with van der Waals surface area (Å²) in [6.45, 7) is 4.88. The number of hydrogen-bond acceptors (Lipinski definition) is 7. The molecule has 172 valence electrons. The smallest absolute Gasteiger partial charge is 0.162 e. The van der Waals surface area contributed by atoms with Crippen LogP contribution >= 0.6 is 0 Å². The molecule has 4 heterocycles. The Bertz CT molecular complexity index is 1350. The van der Waals surface area contributed by atoms with Crippen LogP contribution in [0.5, 0.6) is 0 Å². The van der Waals surface area contributed by atoms with Crippen molar-refractivity contribution >= 4 is 28.2 Å². The first-order valence-corrected chi connectivity index (χ1v) is 11.8. The van der Waals surface area contributed by atoms with E-state index in [-0.39, 0.29) is 5.82 Å². The Labute approximate surface area is 197 Å². The SMILES string of the molecule is CC1CN(c2nc(-c3ccnc(Nc4ccccc4F)c3)nc3cncc(C4CC4)c23)CCN1. The van der Waals surface area contributed by atoms with Crippen LogP contribution in [0.4, 0.5) is 21.7 Å². The van der Waals surface area contributed by atoms with E-state index in [2.05, 4.69) is 32.4 Å². The molecule has 2 aliphatic rings. The summed E-state index contributed by atoms with van der Waals surface area (Å²) in [6, 6.07) is 10.7. The predicted octanol–water partition coefficient (Wildman–Crippen LogP) is 4.65. The summed E-state index contributed by atoms with van der Waals surface area (Å²) in [5.74, 6) is 2.33. The maximum absolute atomic E-state index is 14.1. The molecule has 2 fully saturated rings. The van der Waals surface area contributed by atoms with E-state index in [9.17, 15) is 4.39 Å². The number of piperazine rings is 1. The lowest BCUT2D eigenvalue weighted by atomic mass is 10.1. The summed E-state index contributed by atoms with van der Waals surface area (Å²) in [6.07, 6.45) is 7.89. The second kappa shape index (κ2) is 8.61. The molecule has 1 aromatic carbocycles. The molecule has 34 heavy (non-hydrogen) atoms. The summed E-state index contributed by atoms with van der Waals surface area (Å²) in [4.78, 5) is 21.2. The van der Waals surface area contributed by atoms with Crippen LogP contribution in [-0.2, 0) is 0 Å². The van der Waals surface area contributed by atoms with Gasteiger partial charge < -0.3 is 15.5 Å². The maximum Gasteiger partial charge on any atom is 0.162 e. The predicted molar refractivity (Wildman–Crippen MR) is 132 cm³/mol. The molecule has 2 N–H and O–H groups in total. The quantitative estimate of drug-likeness (QED) is 0.454. The molecule has 1 atom stereocenters. The second-order valence-electron chi connectivity index (χ2n) is 9.10. The number of fused-ring (bicyclic) bond motifs is 1. The minimum absolute atomic E-state index is 0.328. The van der Waals surface area contributed by atoms with Gasteiger partial charge in [0.25, 0.3) is 0 Å². The number of pyridine rings is 2. The van der Waals surface area contributed by atoms with Gasteiger partial charge in [0.15, 0.2) is 5.82 Å². The van der Waals surface area contributed by atoms with E-state index in [1.165, 1.54) is 24.5 Å². The van der Waals surface area contributed by atoms with Crippen molar-refractivity contribution in [1.29, 1.82) is 0 Å². The van der Waals surface area contributed by atoms with Crippen molar-refractivity contribution in [3.05, 3.63) is 66.4 Å². The number of nitrogens with zero attached hydrogens (tertiary/aromatic N) is 5. The number of rotatable bonds is 5. The Hall–Kier alpha value is -3.65. The van der Waals surface area contributed by atoms with Crippen LogP contribution in [-0.4, -0.2) is 45.6 Å². The fourth-order valence-electron chi connectivity index (χ4n) is 4.61. The molecule has 1 unspecified atom stereocenters. The van der Waals surface area contributed by atoms with E-state index in [1.54, 1.807) is 24.4 Å². The van der Waals surface area contributed by atoms with Crippen molar-refractivity contribution in [2.75, 3.05) is 29.9 Å². The van der Waals surface area contributed by atoms with Crippen LogP contribution in [0.2, 0.25) is 0 Å². The summed E-state index contributed by atoms with van der Waals surface area (Å²) in [5, 5.41) is 7.70. The number of benzene rings is 1. The van der Waals surface area contributed by atoms with Gasteiger partial charge in [-0.2, -0.15) is 0 Å². The molecule has 0 bridgehead atoms. The number of aromatic nitrogens is 4. The van der Waals surface area contributed by atoms with E-state index in [0.29, 0.717) is 29.3 Å².